The van der Waals surface area contributed by atoms with Gasteiger partial charge in [0.05, 0.1) is 23.1 Å². The van der Waals surface area contributed by atoms with E-state index in [1.807, 2.05) is 17.5 Å². The Morgan fingerprint density at radius 1 is 1.20 bits per heavy atom. The van der Waals surface area contributed by atoms with Crippen molar-refractivity contribution < 1.29 is 18.4 Å². The lowest BCUT2D eigenvalue weighted by atomic mass is 10.2. The number of carbonyl (C=O) groups excluding carboxylic acids is 2. The maximum absolute atomic E-state index is 13.0. The molecule has 4 N–H and O–H groups in total. The average molecular weight is 385 g/mol. The van der Waals surface area contributed by atoms with Crippen molar-refractivity contribution in [2.45, 2.75) is 10.1 Å². The van der Waals surface area contributed by atoms with Crippen LogP contribution in [0.3, 0.4) is 0 Å². The summed E-state index contributed by atoms with van der Waals surface area (Å²) in [6, 6.07) is 9.85. The van der Waals surface area contributed by atoms with Crippen molar-refractivity contribution in [1.29, 1.82) is 0 Å². The van der Waals surface area contributed by atoms with Gasteiger partial charge in [-0.25, -0.2) is 8.78 Å². The van der Waals surface area contributed by atoms with Crippen LogP contribution in [-0.2, 0) is 4.79 Å². The van der Waals surface area contributed by atoms with Crippen LogP contribution in [0, 0.1) is 0 Å². The number of amides is 2. The normalized spacial score (nSPS) is 11.2. The second kappa shape index (κ2) is 8.93. The van der Waals surface area contributed by atoms with Crippen LogP contribution in [0.2, 0.25) is 0 Å². The van der Waals surface area contributed by atoms with Gasteiger partial charge >= 0.3 is 0 Å². The van der Waals surface area contributed by atoms with E-state index >= 15 is 0 Å². The number of anilines is 1. The van der Waals surface area contributed by atoms with Crippen LogP contribution in [0.5, 0.6) is 0 Å². The summed E-state index contributed by atoms with van der Waals surface area (Å²) in [5.74, 6) is -3.65. The molecule has 1 aromatic heterocycles. The first kappa shape index (κ1) is 19.4. The van der Waals surface area contributed by atoms with Gasteiger partial charge in [-0.15, -0.1) is 23.1 Å². The second-order valence-corrected chi connectivity index (χ2v) is 7.31. The molecule has 9 heteroatoms. The van der Waals surface area contributed by atoms with Gasteiger partial charge in [-0.1, -0.05) is 6.07 Å². The molecule has 0 spiro atoms. The lowest BCUT2D eigenvalue weighted by Crippen LogP contribution is -2.41. The van der Waals surface area contributed by atoms with E-state index in [1.54, 1.807) is 23.5 Å². The molecule has 0 atom stereocenters. The topological polar surface area (TPSA) is 84.2 Å². The number of hydrogen-bond donors (Lipinski definition) is 3. The Morgan fingerprint density at radius 2 is 1.92 bits per heavy atom. The predicted octanol–water partition coefficient (Wildman–Crippen LogP) is 2.80. The molecule has 0 fully saturated rings. The summed E-state index contributed by atoms with van der Waals surface area (Å²) in [5.41, 5.74) is 5.66. The highest BCUT2D eigenvalue weighted by atomic mass is 32.2. The van der Waals surface area contributed by atoms with Gasteiger partial charge < -0.3 is 16.4 Å². The summed E-state index contributed by atoms with van der Waals surface area (Å²) >= 11 is 3.00. The molecule has 1 aromatic carbocycles. The Kier molecular flexibility index (Phi) is 6.91. The Balaban J connectivity index is 1.82. The van der Waals surface area contributed by atoms with E-state index in [9.17, 15) is 18.4 Å². The van der Waals surface area contributed by atoms with E-state index in [0.29, 0.717) is 5.69 Å². The SMILES string of the molecule is NCC(F)(F)CNC(=O)c1ccc(NC(=O)CSc2cccs2)cc1. The Morgan fingerprint density at radius 3 is 2.52 bits per heavy atom. The van der Waals surface area contributed by atoms with E-state index in [0.717, 1.165) is 4.21 Å². The molecule has 2 amide bonds. The number of thiophene rings is 1. The summed E-state index contributed by atoms with van der Waals surface area (Å²) in [6.45, 7) is -1.65. The number of nitrogens with two attached hydrogens (primary N) is 1. The molecule has 0 unspecified atom stereocenters. The van der Waals surface area contributed by atoms with Crippen molar-refractivity contribution in [3.05, 3.63) is 47.3 Å². The zero-order valence-corrected chi connectivity index (χ0v) is 14.8. The largest absolute Gasteiger partial charge is 0.346 e. The molecule has 134 valence electrons. The molecule has 0 saturated carbocycles. The second-order valence-electron chi connectivity index (χ2n) is 5.09. The average Bonchev–Trinajstić information content (AvgIpc) is 3.12. The maximum Gasteiger partial charge on any atom is 0.277 e. The van der Waals surface area contributed by atoms with E-state index in [1.165, 1.54) is 23.9 Å². The fourth-order valence-corrected chi connectivity index (χ4v) is 3.35. The highest BCUT2D eigenvalue weighted by molar-refractivity contribution is 8.01. The molecule has 0 aliphatic heterocycles. The molecule has 1 heterocycles. The van der Waals surface area contributed by atoms with Gasteiger partial charge in [0.2, 0.25) is 5.91 Å². The van der Waals surface area contributed by atoms with Gasteiger partial charge in [-0.05, 0) is 35.7 Å². The molecule has 0 bridgehead atoms. The van der Waals surface area contributed by atoms with Crippen molar-refractivity contribution in [1.82, 2.24) is 5.32 Å². The third-order valence-electron chi connectivity index (χ3n) is 3.08. The van der Waals surface area contributed by atoms with E-state index in [4.69, 9.17) is 5.73 Å². The van der Waals surface area contributed by atoms with E-state index in [-0.39, 0.29) is 17.2 Å². The van der Waals surface area contributed by atoms with Gasteiger partial charge in [-0.2, -0.15) is 0 Å². The minimum Gasteiger partial charge on any atom is -0.346 e. The Bertz CT molecular complexity index is 707. The van der Waals surface area contributed by atoms with Gasteiger partial charge in [-0.3, -0.25) is 9.59 Å². The van der Waals surface area contributed by atoms with Crippen molar-refractivity contribution in [3.8, 4) is 0 Å². The van der Waals surface area contributed by atoms with Crippen molar-refractivity contribution in [3.63, 3.8) is 0 Å². The molecule has 2 aromatic rings. The van der Waals surface area contributed by atoms with Gasteiger partial charge in [0.1, 0.15) is 0 Å². The van der Waals surface area contributed by atoms with Crippen LogP contribution in [0.15, 0.2) is 46.0 Å². The number of halogens is 2. The van der Waals surface area contributed by atoms with Crippen LogP contribution in [0.1, 0.15) is 10.4 Å². The summed E-state index contributed by atoms with van der Waals surface area (Å²) in [6.07, 6.45) is 0. The number of hydrogen-bond acceptors (Lipinski definition) is 5. The third kappa shape index (κ3) is 6.45. The monoisotopic (exact) mass is 385 g/mol. The van der Waals surface area contributed by atoms with E-state index in [2.05, 4.69) is 10.6 Å². The predicted molar refractivity (Wildman–Crippen MR) is 96.4 cm³/mol. The third-order valence-corrected chi connectivity index (χ3v) is 5.21. The van der Waals surface area contributed by atoms with Crippen LogP contribution in [0.25, 0.3) is 0 Å². The fraction of sp³-hybridized carbons (Fsp3) is 0.250. The Labute approximate surface area is 152 Å². The number of thioether (sulfide) groups is 1. The summed E-state index contributed by atoms with van der Waals surface area (Å²) in [4.78, 5) is 23.7. The van der Waals surface area contributed by atoms with Crippen molar-refractivity contribution >= 4 is 40.6 Å². The molecule has 25 heavy (non-hydrogen) atoms. The number of benzene rings is 1. The smallest absolute Gasteiger partial charge is 0.277 e. The molecular weight excluding hydrogens is 368 g/mol. The lowest BCUT2D eigenvalue weighted by Gasteiger charge is -2.14. The highest BCUT2D eigenvalue weighted by Gasteiger charge is 2.27. The minimum atomic E-state index is -3.14. The molecule has 0 aliphatic rings. The minimum absolute atomic E-state index is 0.168. The number of rotatable bonds is 8. The number of alkyl halides is 2. The number of nitrogens with one attached hydrogen (secondary N) is 2. The van der Waals surface area contributed by atoms with Crippen molar-refractivity contribution in [2.75, 3.05) is 24.2 Å². The number of carbonyl (C=O) groups is 2. The van der Waals surface area contributed by atoms with Crippen LogP contribution >= 0.6 is 23.1 Å². The first-order valence-electron chi connectivity index (χ1n) is 7.32. The standard InChI is InChI=1S/C16H17F2N3O2S2/c17-16(18,9-19)10-20-15(23)11-3-5-12(6-4-11)21-13(22)8-25-14-2-1-7-24-14/h1-7H,8-10,19H2,(H,20,23)(H,21,22). The van der Waals surface area contributed by atoms with Crippen LogP contribution in [-0.4, -0.2) is 36.6 Å². The van der Waals surface area contributed by atoms with Crippen LogP contribution in [0.4, 0.5) is 14.5 Å². The summed E-state index contributed by atoms with van der Waals surface area (Å²) in [5, 5.41) is 6.78. The van der Waals surface area contributed by atoms with Gasteiger partial charge in [0.25, 0.3) is 11.8 Å². The quantitative estimate of drug-likeness (QED) is 0.610. The summed E-state index contributed by atoms with van der Waals surface area (Å²) < 4.78 is 27.1. The first-order chi connectivity index (χ1) is 11.9. The maximum atomic E-state index is 13.0. The highest BCUT2D eigenvalue weighted by Crippen LogP contribution is 2.23. The molecule has 0 aliphatic carbocycles. The molecule has 5 nitrogen and oxygen atoms in total. The fourth-order valence-electron chi connectivity index (χ4n) is 1.77. The Hall–Kier alpha value is -1.97. The molecule has 0 saturated heterocycles. The zero-order valence-electron chi connectivity index (χ0n) is 13.1. The van der Waals surface area contributed by atoms with E-state index < -0.39 is 24.9 Å². The lowest BCUT2D eigenvalue weighted by molar-refractivity contribution is -0.113. The molecule has 0 radical (unpaired) electrons. The van der Waals surface area contributed by atoms with Crippen molar-refractivity contribution in [2.24, 2.45) is 5.73 Å². The molecule has 2 rings (SSSR count). The first-order valence-corrected chi connectivity index (χ1v) is 9.18. The van der Waals surface area contributed by atoms with Crippen LogP contribution < -0.4 is 16.4 Å². The zero-order chi connectivity index (χ0) is 18.3. The molecular formula is C16H17F2N3O2S2. The van der Waals surface area contributed by atoms with Gasteiger partial charge in [0.15, 0.2) is 0 Å². The van der Waals surface area contributed by atoms with Gasteiger partial charge in [0, 0.05) is 11.3 Å². The summed E-state index contributed by atoms with van der Waals surface area (Å²) in [7, 11) is 0.